The van der Waals surface area contributed by atoms with Gasteiger partial charge in [0.2, 0.25) is 11.8 Å². The van der Waals surface area contributed by atoms with E-state index in [0.717, 1.165) is 25.2 Å². The molecule has 0 bridgehead atoms. The van der Waals surface area contributed by atoms with E-state index >= 15 is 0 Å². The van der Waals surface area contributed by atoms with Crippen LogP contribution in [0.15, 0.2) is 18.3 Å². The van der Waals surface area contributed by atoms with Gasteiger partial charge in [-0.2, -0.15) is 0 Å². The number of carbonyl (C=O) groups excluding carboxylic acids is 1. The zero-order chi connectivity index (χ0) is 18.0. The molecule has 2 aliphatic rings. The SMILES string of the molecule is CCOc1ccc(CN2CCC3(CC2)[C@@H](C(=O)O)CC(=O)N3C)cn1. The highest BCUT2D eigenvalue weighted by Crippen LogP contribution is 2.42. The maximum Gasteiger partial charge on any atom is 0.309 e. The van der Waals surface area contributed by atoms with Gasteiger partial charge in [0.15, 0.2) is 0 Å². The van der Waals surface area contributed by atoms with Crippen LogP contribution in [0.4, 0.5) is 0 Å². The smallest absolute Gasteiger partial charge is 0.309 e. The second-order valence-electron chi connectivity index (χ2n) is 6.87. The Morgan fingerprint density at radius 2 is 2.12 bits per heavy atom. The molecule has 2 fully saturated rings. The van der Waals surface area contributed by atoms with Crippen LogP contribution in [0.3, 0.4) is 0 Å². The summed E-state index contributed by atoms with van der Waals surface area (Å²) in [7, 11) is 1.75. The Bertz CT molecular complexity index is 638. The number of nitrogens with zero attached hydrogens (tertiary/aromatic N) is 3. The van der Waals surface area contributed by atoms with Gasteiger partial charge < -0.3 is 14.7 Å². The standard InChI is InChI=1S/C18H25N3O4/c1-3-25-15-5-4-13(11-19-15)12-21-8-6-18(7-9-21)14(17(23)24)10-16(22)20(18)2/h4-5,11,14H,3,6-10,12H2,1-2H3,(H,23,24)/t14-/m1/s1. The minimum atomic E-state index is -0.859. The van der Waals surface area contributed by atoms with Crippen LogP contribution in [0.1, 0.15) is 31.7 Å². The van der Waals surface area contributed by atoms with Gasteiger partial charge in [-0.3, -0.25) is 14.5 Å². The number of carboxylic acids is 1. The van der Waals surface area contributed by atoms with Gasteiger partial charge in [-0.1, -0.05) is 6.07 Å². The maximum atomic E-state index is 12.0. The number of piperidine rings is 1. The summed E-state index contributed by atoms with van der Waals surface area (Å²) in [6.07, 6.45) is 3.32. The Labute approximate surface area is 147 Å². The van der Waals surface area contributed by atoms with Gasteiger partial charge in [-0.15, -0.1) is 0 Å². The van der Waals surface area contributed by atoms with Crippen LogP contribution in [-0.4, -0.2) is 64.0 Å². The van der Waals surface area contributed by atoms with Gasteiger partial charge in [-0.05, 0) is 25.3 Å². The minimum Gasteiger partial charge on any atom is -0.481 e. The van der Waals surface area contributed by atoms with Crippen molar-refractivity contribution in [1.29, 1.82) is 0 Å². The average molecular weight is 347 g/mol. The van der Waals surface area contributed by atoms with Crippen molar-refractivity contribution in [2.75, 3.05) is 26.7 Å². The molecule has 25 heavy (non-hydrogen) atoms. The number of aromatic nitrogens is 1. The summed E-state index contributed by atoms with van der Waals surface area (Å²) in [5.74, 6) is -0.892. The molecule has 0 aromatic carbocycles. The van der Waals surface area contributed by atoms with Crippen LogP contribution in [0.2, 0.25) is 0 Å². The second kappa shape index (κ2) is 7.00. The van der Waals surface area contributed by atoms with E-state index in [2.05, 4.69) is 9.88 Å². The van der Waals surface area contributed by atoms with E-state index in [9.17, 15) is 14.7 Å². The van der Waals surface area contributed by atoms with Crippen molar-refractivity contribution in [2.45, 2.75) is 38.3 Å². The number of rotatable bonds is 5. The molecule has 0 aliphatic carbocycles. The lowest BCUT2D eigenvalue weighted by atomic mass is 9.77. The largest absolute Gasteiger partial charge is 0.481 e. The maximum absolute atomic E-state index is 12.0. The summed E-state index contributed by atoms with van der Waals surface area (Å²) in [5, 5.41) is 9.52. The minimum absolute atomic E-state index is 0.0587. The molecule has 1 amide bonds. The fourth-order valence-corrected chi connectivity index (χ4v) is 4.08. The zero-order valence-electron chi connectivity index (χ0n) is 14.8. The van der Waals surface area contributed by atoms with Crippen molar-refractivity contribution < 1.29 is 19.4 Å². The number of amides is 1. The normalized spacial score (nSPS) is 23.2. The Hall–Kier alpha value is -2.15. The van der Waals surface area contributed by atoms with Crippen LogP contribution in [0.25, 0.3) is 0 Å². The molecule has 0 saturated carbocycles. The predicted molar refractivity (Wildman–Crippen MR) is 91.2 cm³/mol. The third-order valence-corrected chi connectivity index (χ3v) is 5.59. The molecule has 3 rings (SSSR count). The third kappa shape index (κ3) is 3.33. The van der Waals surface area contributed by atoms with Crippen molar-refractivity contribution in [3.8, 4) is 5.88 Å². The monoisotopic (exact) mass is 347 g/mol. The number of pyridine rings is 1. The highest BCUT2D eigenvalue weighted by atomic mass is 16.5. The predicted octanol–water partition coefficient (Wildman–Crippen LogP) is 1.38. The van der Waals surface area contributed by atoms with E-state index in [1.807, 2.05) is 25.3 Å². The van der Waals surface area contributed by atoms with Gasteiger partial charge >= 0.3 is 5.97 Å². The van der Waals surface area contributed by atoms with Crippen LogP contribution >= 0.6 is 0 Å². The number of hydrogen-bond donors (Lipinski definition) is 1. The van der Waals surface area contributed by atoms with E-state index < -0.39 is 17.4 Å². The Balaban J connectivity index is 1.63. The zero-order valence-corrected chi connectivity index (χ0v) is 14.8. The summed E-state index contributed by atoms with van der Waals surface area (Å²) < 4.78 is 5.35. The topological polar surface area (TPSA) is 83.0 Å². The Morgan fingerprint density at radius 3 is 2.68 bits per heavy atom. The number of aliphatic carboxylic acids is 1. The van der Waals surface area contributed by atoms with Crippen LogP contribution in [0.5, 0.6) is 5.88 Å². The molecule has 2 aliphatic heterocycles. The lowest BCUT2D eigenvalue weighted by Gasteiger charge is -2.45. The van der Waals surface area contributed by atoms with Gasteiger partial charge in [0.05, 0.1) is 18.1 Å². The van der Waals surface area contributed by atoms with E-state index in [4.69, 9.17) is 4.74 Å². The lowest BCUT2D eigenvalue weighted by molar-refractivity contribution is -0.146. The van der Waals surface area contributed by atoms with Crippen molar-refractivity contribution in [3.63, 3.8) is 0 Å². The van der Waals surface area contributed by atoms with Crippen molar-refractivity contribution in [2.24, 2.45) is 5.92 Å². The summed E-state index contributed by atoms with van der Waals surface area (Å²) in [5.41, 5.74) is 0.571. The fraction of sp³-hybridized carbons (Fsp3) is 0.611. The van der Waals surface area contributed by atoms with Crippen molar-refractivity contribution in [3.05, 3.63) is 23.9 Å². The highest BCUT2D eigenvalue weighted by Gasteiger charge is 2.55. The molecule has 7 heteroatoms. The summed E-state index contributed by atoms with van der Waals surface area (Å²) in [6, 6.07) is 3.88. The number of hydrogen-bond acceptors (Lipinski definition) is 5. The first-order valence-electron chi connectivity index (χ1n) is 8.76. The number of ether oxygens (including phenoxy) is 1. The first kappa shape index (κ1) is 17.7. The molecule has 1 atom stereocenters. The van der Waals surface area contributed by atoms with Gasteiger partial charge in [-0.25, -0.2) is 4.98 Å². The molecule has 1 aromatic heterocycles. The van der Waals surface area contributed by atoms with E-state index in [-0.39, 0.29) is 12.3 Å². The first-order chi connectivity index (χ1) is 12.0. The Morgan fingerprint density at radius 1 is 1.40 bits per heavy atom. The number of carbonyl (C=O) groups is 2. The Kier molecular flexibility index (Phi) is 4.94. The van der Waals surface area contributed by atoms with Crippen LogP contribution in [0, 0.1) is 5.92 Å². The molecule has 7 nitrogen and oxygen atoms in total. The third-order valence-electron chi connectivity index (χ3n) is 5.59. The van der Waals surface area contributed by atoms with Crippen molar-refractivity contribution >= 4 is 11.9 Å². The molecular weight excluding hydrogens is 322 g/mol. The molecule has 2 saturated heterocycles. The average Bonchev–Trinajstić information content (AvgIpc) is 2.84. The molecular formula is C18H25N3O4. The summed E-state index contributed by atoms with van der Waals surface area (Å²) in [4.78, 5) is 31.9. The molecule has 1 N–H and O–H groups in total. The second-order valence-corrected chi connectivity index (χ2v) is 6.87. The van der Waals surface area contributed by atoms with E-state index in [0.29, 0.717) is 25.3 Å². The lowest BCUT2D eigenvalue weighted by Crippen LogP contribution is -2.55. The van der Waals surface area contributed by atoms with Gasteiger partial charge in [0, 0.05) is 45.4 Å². The number of carboxylic acid groups (broad SMARTS) is 1. The van der Waals surface area contributed by atoms with E-state index in [1.54, 1.807) is 11.9 Å². The summed E-state index contributed by atoms with van der Waals surface area (Å²) in [6.45, 7) is 4.83. The molecule has 1 spiro atoms. The molecule has 0 radical (unpaired) electrons. The molecule has 136 valence electrons. The highest BCUT2D eigenvalue weighted by molar-refractivity contribution is 5.88. The van der Waals surface area contributed by atoms with Crippen molar-refractivity contribution in [1.82, 2.24) is 14.8 Å². The first-order valence-corrected chi connectivity index (χ1v) is 8.76. The van der Waals surface area contributed by atoms with Crippen LogP contribution < -0.4 is 4.74 Å². The molecule has 0 unspecified atom stereocenters. The summed E-state index contributed by atoms with van der Waals surface area (Å²) >= 11 is 0. The van der Waals surface area contributed by atoms with Gasteiger partial charge in [0.25, 0.3) is 0 Å². The van der Waals surface area contributed by atoms with E-state index in [1.165, 1.54) is 0 Å². The molecule has 3 heterocycles. The fourth-order valence-electron chi connectivity index (χ4n) is 4.08. The van der Waals surface area contributed by atoms with Crippen LogP contribution in [-0.2, 0) is 16.1 Å². The molecule has 1 aromatic rings. The van der Waals surface area contributed by atoms with Gasteiger partial charge in [0.1, 0.15) is 0 Å². The quantitative estimate of drug-likeness (QED) is 0.866. The number of likely N-dealkylation sites (tertiary alicyclic amines) is 2.